The summed E-state index contributed by atoms with van der Waals surface area (Å²) in [7, 11) is 0. The van der Waals surface area contributed by atoms with Gasteiger partial charge in [0.2, 0.25) is 5.43 Å². The first-order chi connectivity index (χ1) is 13.4. The van der Waals surface area contributed by atoms with Crippen LogP contribution in [0.4, 0.5) is 4.39 Å². The quantitative estimate of drug-likeness (QED) is 0.646. The number of carboxylic acid groups (broad SMARTS) is 1. The normalized spacial score (nSPS) is 18.3. The number of rotatable bonds is 3. The van der Waals surface area contributed by atoms with Gasteiger partial charge in [-0.2, -0.15) is 0 Å². The minimum absolute atomic E-state index is 0. The Kier molecular flexibility index (Phi) is 4.96. The molecule has 5 rings (SSSR count). The number of fused-ring (bicyclic) bond motifs is 2. The lowest BCUT2D eigenvalue weighted by Gasteiger charge is -2.17. The molecule has 3 aromatic heterocycles. The molecule has 1 saturated carbocycles. The summed E-state index contributed by atoms with van der Waals surface area (Å²) in [6.45, 7) is 0. The van der Waals surface area contributed by atoms with Gasteiger partial charge in [0.15, 0.2) is 5.82 Å². The molecule has 3 heterocycles. The third-order valence-corrected chi connectivity index (χ3v) is 6.74. The van der Waals surface area contributed by atoms with E-state index in [0.717, 1.165) is 48.6 Å². The Balaban J connectivity index is 0.00000205. The molecule has 152 valence electrons. The zero-order valence-corrected chi connectivity index (χ0v) is 17.0. The fourth-order valence-corrected chi connectivity index (χ4v) is 5.18. The second-order valence-electron chi connectivity index (χ2n) is 7.49. The van der Waals surface area contributed by atoms with E-state index in [-0.39, 0.29) is 41.1 Å². The van der Waals surface area contributed by atoms with Gasteiger partial charge in [0.05, 0.1) is 10.3 Å². The van der Waals surface area contributed by atoms with Crippen molar-refractivity contribution >= 4 is 40.7 Å². The van der Waals surface area contributed by atoms with E-state index in [1.807, 2.05) is 6.07 Å². The Morgan fingerprint density at radius 3 is 2.72 bits per heavy atom. The first-order valence-corrected chi connectivity index (χ1v) is 10.1. The molecule has 0 saturated heterocycles. The summed E-state index contributed by atoms with van der Waals surface area (Å²) in [6, 6.07) is 3.09. The van der Waals surface area contributed by atoms with Crippen LogP contribution in [0.1, 0.15) is 58.6 Å². The largest absolute Gasteiger partial charge is 0.477 e. The molecule has 0 spiro atoms. The van der Waals surface area contributed by atoms with Gasteiger partial charge >= 0.3 is 5.97 Å². The molecule has 29 heavy (non-hydrogen) atoms. The second-order valence-corrected chi connectivity index (χ2v) is 8.63. The van der Waals surface area contributed by atoms with Crippen molar-refractivity contribution in [3.05, 3.63) is 50.4 Å². The van der Waals surface area contributed by atoms with Crippen LogP contribution in [0.5, 0.6) is 0 Å². The maximum Gasteiger partial charge on any atom is 0.341 e. The Hall–Kier alpha value is -2.29. The van der Waals surface area contributed by atoms with Crippen LogP contribution in [0.3, 0.4) is 0 Å². The van der Waals surface area contributed by atoms with Crippen LogP contribution in [0.2, 0.25) is 0 Å². The van der Waals surface area contributed by atoms with E-state index in [4.69, 9.17) is 5.73 Å². The maximum atomic E-state index is 14.9. The molecule has 0 aromatic carbocycles. The molecule has 9 heteroatoms. The van der Waals surface area contributed by atoms with Gasteiger partial charge in [0.25, 0.3) is 0 Å². The first kappa shape index (κ1) is 20.0. The van der Waals surface area contributed by atoms with Crippen LogP contribution < -0.4 is 11.2 Å². The smallest absolute Gasteiger partial charge is 0.341 e. The fraction of sp³-hybridized carbons (Fsp3) is 0.350. The van der Waals surface area contributed by atoms with Crippen molar-refractivity contribution < 1.29 is 14.3 Å². The minimum atomic E-state index is -1.31. The highest BCUT2D eigenvalue weighted by molar-refractivity contribution is 7.15. The number of hydrogen-bond acceptors (Lipinski definition) is 5. The number of halogens is 2. The molecular formula is C20H19ClFN3O3S. The molecule has 0 aliphatic heterocycles. The molecule has 6 nitrogen and oxygen atoms in total. The molecule has 0 radical (unpaired) electrons. The molecule has 2 aliphatic rings. The number of thiophene rings is 1. The summed E-state index contributed by atoms with van der Waals surface area (Å²) in [4.78, 5) is 30.3. The molecule has 1 atom stereocenters. The number of carboxylic acids is 1. The van der Waals surface area contributed by atoms with Crippen molar-refractivity contribution in [1.29, 1.82) is 0 Å². The van der Waals surface area contributed by atoms with Crippen molar-refractivity contribution in [3.63, 3.8) is 0 Å². The minimum Gasteiger partial charge on any atom is -0.477 e. The Morgan fingerprint density at radius 2 is 2.07 bits per heavy atom. The zero-order valence-electron chi connectivity index (χ0n) is 15.4. The molecular weight excluding hydrogens is 417 g/mol. The lowest BCUT2D eigenvalue weighted by atomic mass is 9.94. The number of nitrogens with zero attached hydrogens (tertiary/aromatic N) is 2. The maximum absolute atomic E-state index is 14.9. The number of carbonyl (C=O) groups is 1. The standard InChI is InChI=1S/C20H18FN3O3S.ClH/c21-13-6-11-18(25)12(20(26)27)8-24(9-4-5-9)19(11)23-17(13)16-7-10-14(22)2-1-3-15(10)28-16;/h6-9,14H,1-5,22H2,(H,26,27);1H. The average molecular weight is 436 g/mol. The summed E-state index contributed by atoms with van der Waals surface area (Å²) < 4.78 is 16.7. The summed E-state index contributed by atoms with van der Waals surface area (Å²) in [5.41, 5.74) is 6.71. The van der Waals surface area contributed by atoms with Gasteiger partial charge in [-0.3, -0.25) is 4.79 Å². The van der Waals surface area contributed by atoms with Gasteiger partial charge in [0.1, 0.15) is 16.9 Å². The predicted molar refractivity (Wildman–Crippen MR) is 112 cm³/mol. The van der Waals surface area contributed by atoms with Gasteiger partial charge in [-0.15, -0.1) is 23.7 Å². The van der Waals surface area contributed by atoms with E-state index in [0.29, 0.717) is 10.5 Å². The van der Waals surface area contributed by atoms with E-state index in [1.54, 1.807) is 4.57 Å². The van der Waals surface area contributed by atoms with Gasteiger partial charge in [-0.25, -0.2) is 14.2 Å². The number of aromatic carboxylic acids is 1. The Bertz CT molecular complexity index is 1200. The molecule has 1 fully saturated rings. The van der Waals surface area contributed by atoms with Crippen molar-refractivity contribution in [1.82, 2.24) is 9.55 Å². The van der Waals surface area contributed by atoms with Crippen LogP contribution in [0.15, 0.2) is 23.1 Å². The van der Waals surface area contributed by atoms with E-state index in [1.165, 1.54) is 17.5 Å². The molecule has 2 aliphatic carbocycles. The number of aryl methyl sites for hydroxylation is 1. The number of hydrogen-bond donors (Lipinski definition) is 2. The highest BCUT2D eigenvalue weighted by Crippen LogP contribution is 2.41. The molecule has 0 bridgehead atoms. The number of nitrogens with two attached hydrogens (primary N) is 1. The van der Waals surface area contributed by atoms with Crippen molar-refractivity contribution in [3.8, 4) is 10.6 Å². The summed E-state index contributed by atoms with van der Waals surface area (Å²) in [6.07, 6.45) is 5.96. The predicted octanol–water partition coefficient (Wildman–Crippen LogP) is 4.06. The third-order valence-electron chi connectivity index (χ3n) is 5.52. The topological polar surface area (TPSA) is 98.2 Å². The Morgan fingerprint density at radius 1 is 1.31 bits per heavy atom. The molecule has 3 N–H and O–H groups in total. The number of pyridine rings is 2. The molecule has 0 amide bonds. The van der Waals surface area contributed by atoms with Crippen LogP contribution >= 0.6 is 23.7 Å². The average Bonchev–Trinajstić information content (AvgIpc) is 3.40. The lowest BCUT2D eigenvalue weighted by Crippen LogP contribution is -2.19. The van der Waals surface area contributed by atoms with Crippen molar-refractivity contribution in [2.24, 2.45) is 5.73 Å². The van der Waals surface area contributed by atoms with Crippen LogP contribution in [-0.2, 0) is 6.42 Å². The van der Waals surface area contributed by atoms with E-state index in [2.05, 4.69) is 4.98 Å². The second kappa shape index (κ2) is 7.19. The monoisotopic (exact) mass is 435 g/mol. The van der Waals surface area contributed by atoms with Gasteiger partial charge in [-0.1, -0.05) is 0 Å². The lowest BCUT2D eigenvalue weighted by molar-refractivity contribution is 0.0695. The molecule has 3 aromatic rings. The molecule has 1 unspecified atom stereocenters. The van der Waals surface area contributed by atoms with E-state index >= 15 is 0 Å². The zero-order chi connectivity index (χ0) is 19.6. The van der Waals surface area contributed by atoms with Crippen LogP contribution in [0, 0.1) is 5.82 Å². The highest BCUT2D eigenvalue weighted by Gasteiger charge is 2.29. The van der Waals surface area contributed by atoms with Gasteiger partial charge < -0.3 is 15.4 Å². The summed E-state index contributed by atoms with van der Waals surface area (Å²) in [5, 5.41) is 9.34. The summed E-state index contributed by atoms with van der Waals surface area (Å²) in [5.74, 6) is -1.94. The highest BCUT2D eigenvalue weighted by atomic mass is 35.5. The van der Waals surface area contributed by atoms with Crippen LogP contribution in [0.25, 0.3) is 21.6 Å². The number of aromatic nitrogens is 2. The van der Waals surface area contributed by atoms with Crippen LogP contribution in [-0.4, -0.2) is 20.6 Å². The van der Waals surface area contributed by atoms with E-state index in [9.17, 15) is 19.1 Å². The first-order valence-electron chi connectivity index (χ1n) is 9.31. The van der Waals surface area contributed by atoms with Crippen molar-refractivity contribution in [2.75, 3.05) is 0 Å². The summed E-state index contributed by atoms with van der Waals surface area (Å²) >= 11 is 1.49. The SMILES string of the molecule is Cl.NC1CCCc2sc(-c3nc4c(cc3F)c(=O)c(C(=O)O)cn4C3CC3)cc21. The van der Waals surface area contributed by atoms with Gasteiger partial charge in [-0.05, 0) is 49.8 Å². The Labute approximate surface area is 175 Å². The van der Waals surface area contributed by atoms with Crippen molar-refractivity contribution in [2.45, 2.75) is 44.2 Å². The fourth-order valence-electron chi connectivity index (χ4n) is 3.91. The van der Waals surface area contributed by atoms with E-state index < -0.39 is 17.2 Å². The third kappa shape index (κ3) is 3.25. The van der Waals surface area contributed by atoms with Gasteiger partial charge in [0, 0.05) is 23.2 Å².